The van der Waals surface area contributed by atoms with Crippen molar-refractivity contribution in [1.82, 2.24) is 0 Å². The fraction of sp³-hybridized carbons (Fsp3) is 0. The lowest BCUT2D eigenvalue weighted by molar-refractivity contribution is 0.632. The summed E-state index contributed by atoms with van der Waals surface area (Å²) in [4.78, 5) is 2.33. The second-order valence-corrected chi connectivity index (χ2v) is 13.0. The van der Waals surface area contributed by atoms with Gasteiger partial charge >= 0.3 is 0 Å². The Kier molecular flexibility index (Phi) is 8.24. The smallest absolute Gasteiger partial charge is 0.136 e. The lowest BCUT2D eigenvalue weighted by Crippen LogP contribution is -2.09. The molecule has 246 valence electrons. The topological polar surface area (TPSA) is 16.4 Å². The van der Waals surface area contributed by atoms with Gasteiger partial charge in [0.1, 0.15) is 11.3 Å². The second kappa shape index (κ2) is 13.8. The van der Waals surface area contributed by atoms with Gasteiger partial charge in [-0.1, -0.05) is 158 Å². The van der Waals surface area contributed by atoms with E-state index in [1.165, 1.54) is 33.4 Å². The summed E-state index contributed by atoms with van der Waals surface area (Å²) in [6.45, 7) is 0. The average molecular weight is 666 g/mol. The normalized spacial score (nSPS) is 11.1. The standard InChI is InChI=1S/C50H35NO/c1-3-12-36(13-4-1)38-22-28-44(29-23-38)51(45-30-24-39(25-31-45)42-18-11-17-41(34-42)37-14-5-2-6-15-37)46-32-26-40(27-33-46)47-19-8-9-20-48(47)50-35-43-16-7-10-21-49(43)52-50/h1-35H. The van der Waals surface area contributed by atoms with Crippen molar-refractivity contribution in [3.63, 3.8) is 0 Å². The third kappa shape index (κ3) is 6.19. The Balaban J connectivity index is 1.08. The van der Waals surface area contributed by atoms with E-state index in [0.717, 1.165) is 50.5 Å². The van der Waals surface area contributed by atoms with Gasteiger partial charge in [-0.15, -0.1) is 0 Å². The first-order valence-electron chi connectivity index (χ1n) is 17.7. The van der Waals surface area contributed by atoms with Crippen molar-refractivity contribution in [2.24, 2.45) is 0 Å². The van der Waals surface area contributed by atoms with Gasteiger partial charge in [-0.3, -0.25) is 0 Å². The average Bonchev–Trinajstić information content (AvgIpc) is 3.67. The van der Waals surface area contributed by atoms with Gasteiger partial charge in [0, 0.05) is 28.0 Å². The fourth-order valence-electron chi connectivity index (χ4n) is 7.05. The summed E-state index contributed by atoms with van der Waals surface area (Å²) in [7, 11) is 0. The number of rotatable bonds is 8. The molecule has 0 saturated carbocycles. The zero-order chi connectivity index (χ0) is 34.7. The van der Waals surface area contributed by atoms with Crippen LogP contribution in [0.25, 0.3) is 66.8 Å². The van der Waals surface area contributed by atoms with E-state index in [1.54, 1.807) is 0 Å². The number of para-hydroxylation sites is 1. The quantitative estimate of drug-likeness (QED) is 0.161. The van der Waals surface area contributed by atoms with Crippen LogP contribution in [-0.2, 0) is 0 Å². The highest BCUT2D eigenvalue weighted by molar-refractivity contribution is 5.89. The molecule has 52 heavy (non-hydrogen) atoms. The fourth-order valence-corrected chi connectivity index (χ4v) is 7.05. The number of benzene rings is 8. The lowest BCUT2D eigenvalue weighted by atomic mass is 9.97. The van der Waals surface area contributed by atoms with E-state index in [4.69, 9.17) is 4.42 Å². The van der Waals surface area contributed by atoms with Gasteiger partial charge in [0.25, 0.3) is 0 Å². The summed E-state index contributed by atoms with van der Waals surface area (Å²) < 4.78 is 6.30. The Bertz CT molecular complexity index is 2550. The van der Waals surface area contributed by atoms with E-state index in [0.29, 0.717) is 0 Å². The number of fused-ring (bicyclic) bond motifs is 1. The third-order valence-electron chi connectivity index (χ3n) is 9.72. The van der Waals surface area contributed by atoms with Crippen LogP contribution in [0.3, 0.4) is 0 Å². The molecule has 1 heterocycles. The van der Waals surface area contributed by atoms with Gasteiger partial charge in [-0.2, -0.15) is 0 Å². The summed E-state index contributed by atoms with van der Waals surface area (Å²) in [5.74, 6) is 0.871. The van der Waals surface area contributed by atoms with E-state index >= 15 is 0 Å². The molecule has 0 bridgehead atoms. The molecule has 2 heteroatoms. The van der Waals surface area contributed by atoms with Crippen molar-refractivity contribution in [3.05, 3.63) is 212 Å². The molecule has 2 nitrogen and oxygen atoms in total. The van der Waals surface area contributed by atoms with Crippen LogP contribution in [0.2, 0.25) is 0 Å². The summed E-state index contributed by atoms with van der Waals surface area (Å²) in [6, 6.07) is 75.2. The highest BCUT2D eigenvalue weighted by Crippen LogP contribution is 2.40. The summed E-state index contributed by atoms with van der Waals surface area (Å²) >= 11 is 0. The molecule has 0 aliphatic carbocycles. The minimum absolute atomic E-state index is 0.871. The highest BCUT2D eigenvalue weighted by Gasteiger charge is 2.16. The molecule has 9 aromatic rings. The number of hydrogen-bond acceptors (Lipinski definition) is 2. The third-order valence-corrected chi connectivity index (χ3v) is 9.72. The first kappa shape index (κ1) is 31.1. The zero-order valence-corrected chi connectivity index (χ0v) is 28.6. The molecule has 0 radical (unpaired) electrons. The van der Waals surface area contributed by atoms with Crippen LogP contribution in [0.15, 0.2) is 217 Å². The minimum Gasteiger partial charge on any atom is -0.456 e. The molecule has 0 atom stereocenters. The van der Waals surface area contributed by atoms with Crippen LogP contribution < -0.4 is 4.90 Å². The zero-order valence-electron chi connectivity index (χ0n) is 28.6. The van der Waals surface area contributed by atoms with Crippen LogP contribution in [-0.4, -0.2) is 0 Å². The number of furan rings is 1. The van der Waals surface area contributed by atoms with Gasteiger partial charge in [0.2, 0.25) is 0 Å². The van der Waals surface area contributed by atoms with E-state index in [2.05, 4.69) is 199 Å². The molecular weight excluding hydrogens is 631 g/mol. The van der Waals surface area contributed by atoms with Gasteiger partial charge in [-0.05, 0) is 99.1 Å². The van der Waals surface area contributed by atoms with Gasteiger partial charge < -0.3 is 9.32 Å². The van der Waals surface area contributed by atoms with Crippen molar-refractivity contribution in [2.45, 2.75) is 0 Å². The molecule has 9 rings (SSSR count). The second-order valence-electron chi connectivity index (χ2n) is 13.0. The van der Waals surface area contributed by atoms with Gasteiger partial charge in [0.05, 0.1) is 0 Å². The van der Waals surface area contributed by atoms with Crippen LogP contribution in [0, 0.1) is 0 Å². The van der Waals surface area contributed by atoms with E-state index in [-0.39, 0.29) is 0 Å². The number of nitrogens with zero attached hydrogens (tertiary/aromatic N) is 1. The molecule has 8 aromatic carbocycles. The Morgan fingerprint density at radius 2 is 0.712 bits per heavy atom. The molecule has 0 aliphatic rings. The molecule has 0 amide bonds. The Morgan fingerprint density at radius 3 is 1.29 bits per heavy atom. The summed E-state index contributed by atoms with van der Waals surface area (Å²) in [5.41, 5.74) is 14.7. The molecule has 0 spiro atoms. The van der Waals surface area contributed by atoms with Gasteiger partial charge in [0.15, 0.2) is 0 Å². The van der Waals surface area contributed by atoms with E-state index in [1.807, 2.05) is 18.2 Å². The van der Waals surface area contributed by atoms with Crippen molar-refractivity contribution in [3.8, 4) is 55.8 Å². The largest absolute Gasteiger partial charge is 0.456 e. The predicted molar refractivity (Wildman–Crippen MR) is 218 cm³/mol. The van der Waals surface area contributed by atoms with Crippen LogP contribution in [0.5, 0.6) is 0 Å². The Morgan fingerprint density at radius 1 is 0.288 bits per heavy atom. The van der Waals surface area contributed by atoms with E-state index < -0.39 is 0 Å². The number of anilines is 3. The van der Waals surface area contributed by atoms with Crippen molar-refractivity contribution in [2.75, 3.05) is 4.90 Å². The maximum Gasteiger partial charge on any atom is 0.136 e. The Hall–Kier alpha value is -6.90. The SMILES string of the molecule is c1ccc(-c2ccc(N(c3ccc(-c4cccc(-c5ccccc5)c4)cc3)c3ccc(-c4ccccc4-c4cc5ccccc5o4)cc3)cc2)cc1. The summed E-state index contributed by atoms with van der Waals surface area (Å²) in [5, 5.41) is 1.10. The van der Waals surface area contributed by atoms with E-state index in [9.17, 15) is 0 Å². The monoisotopic (exact) mass is 665 g/mol. The van der Waals surface area contributed by atoms with Crippen molar-refractivity contribution >= 4 is 28.0 Å². The molecular formula is C50H35NO. The highest BCUT2D eigenvalue weighted by atomic mass is 16.3. The van der Waals surface area contributed by atoms with Crippen molar-refractivity contribution < 1.29 is 4.42 Å². The molecule has 0 unspecified atom stereocenters. The summed E-state index contributed by atoms with van der Waals surface area (Å²) in [6.07, 6.45) is 0. The lowest BCUT2D eigenvalue weighted by Gasteiger charge is -2.26. The molecule has 0 fully saturated rings. The molecule has 0 N–H and O–H groups in total. The molecule has 0 aliphatic heterocycles. The van der Waals surface area contributed by atoms with Crippen LogP contribution in [0.1, 0.15) is 0 Å². The molecule has 1 aromatic heterocycles. The maximum absolute atomic E-state index is 6.30. The minimum atomic E-state index is 0.871. The first-order valence-corrected chi connectivity index (χ1v) is 17.7. The van der Waals surface area contributed by atoms with Gasteiger partial charge in [-0.25, -0.2) is 0 Å². The predicted octanol–water partition coefficient (Wildman–Crippen LogP) is 14.2. The Labute approximate surface area is 304 Å². The van der Waals surface area contributed by atoms with Crippen molar-refractivity contribution in [1.29, 1.82) is 0 Å². The first-order chi connectivity index (χ1) is 25.8. The van der Waals surface area contributed by atoms with Crippen LogP contribution in [0.4, 0.5) is 17.1 Å². The number of hydrogen-bond donors (Lipinski definition) is 0. The van der Waals surface area contributed by atoms with Crippen LogP contribution >= 0.6 is 0 Å². The molecule has 0 saturated heterocycles. The maximum atomic E-state index is 6.30.